The van der Waals surface area contributed by atoms with Crippen molar-refractivity contribution in [1.82, 2.24) is 5.32 Å². The van der Waals surface area contributed by atoms with E-state index in [0.29, 0.717) is 0 Å². The van der Waals surface area contributed by atoms with E-state index in [4.69, 9.17) is 0 Å². The molecule has 14 heavy (non-hydrogen) atoms. The molecule has 0 saturated carbocycles. The van der Waals surface area contributed by atoms with Gasteiger partial charge in [-0.3, -0.25) is 4.79 Å². The molecule has 0 radical (unpaired) electrons. The molecule has 2 N–H and O–H groups in total. The highest BCUT2D eigenvalue weighted by Crippen LogP contribution is 2.31. The van der Waals surface area contributed by atoms with Gasteiger partial charge in [0.15, 0.2) is 0 Å². The Morgan fingerprint density at radius 3 is 2.93 bits per heavy atom. The molecule has 3 heteroatoms. The van der Waals surface area contributed by atoms with Gasteiger partial charge in [-0.25, -0.2) is 0 Å². The molecule has 0 aliphatic carbocycles. The van der Waals surface area contributed by atoms with Crippen LogP contribution in [0.1, 0.15) is 24.1 Å². The van der Waals surface area contributed by atoms with Crippen molar-refractivity contribution in [3.05, 3.63) is 29.3 Å². The molecule has 0 bridgehead atoms. The second-order valence-corrected chi connectivity index (χ2v) is 3.49. The van der Waals surface area contributed by atoms with Gasteiger partial charge in [-0.05, 0) is 25.1 Å². The van der Waals surface area contributed by atoms with Gasteiger partial charge >= 0.3 is 0 Å². The van der Waals surface area contributed by atoms with E-state index in [1.165, 1.54) is 5.56 Å². The summed E-state index contributed by atoms with van der Waals surface area (Å²) >= 11 is 0. The SMILES string of the molecule is CCc1ccc2c(c1)C(NC)C(=O)N2. The molecule has 1 amide bonds. The average Bonchev–Trinajstić information content (AvgIpc) is 2.52. The molecule has 1 atom stereocenters. The van der Waals surface area contributed by atoms with E-state index in [0.717, 1.165) is 17.7 Å². The fourth-order valence-electron chi connectivity index (χ4n) is 1.82. The molecule has 1 aromatic carbocycles. The number of hydrogen-bond acceptors (Lipinski definition) is 2. The third-order valence-electron chi connectivity index (χ3n) is 2.64. The summed E-state index contributed by atoms with van der Waals surface area (Å²) < 4.78 is 0. The molecular formula is C11H14N2O. The molecule has 1 aromatic rings. The second-order valence-electron chi connectivity index (χ2n) is 3.49. The first-order chi connectivity index (χ1) is 6.76. The molecule has 1 heterocycles. The van der Waals surface area contributed by atoms with Crippen molar-refractivity contribution in [3.63, 3.8) is 0 Å². The van der Waals surface area contributed by atoms with E-state index in [-0.39, 0.29) is 11.9 Å². The predicted molar refractivity (Wildman–Crippen MR) is 56.3 cm³/mol. The summed E-state index contributed by atoms with van der Waals surface area (Å²) in [6, 6.07) is 5.94. The van der Waals surface area contributed by atoms with E-state index < -0.39 is 0 Å². The lowest BCUT2D eigenvalue weighted by Crippen LogP contribution is -2.23. The van der Waals surface area contributed by atoms with Gasteiger partial charge in [0.2, 0.25) is 5.91 Å². The van der Waals surface area contributed by atoms with Crippen LogP contribution in [0.15, 0.2) is 18.2 Å². The first kappa shape index (κ1) is 9.21. The minimum absolute atomic E-state index is 0.0377. The van der Waals surface area contributed by atoms with Crippen LogP contribution < -0.4 is 10.6 Å². The molecule has 74 valence electrons. The number of benzene rings is 1. The van der Waals surface area contributed by atoms with Gasteiger partial charge in [0, 0.05) is 11.3 Å². The van der Waals surface area contributed by atoms with Gasteiger partial charge in [-0.1, -0.05) is 19.1 Å². The van der Waals surface area contributed by atoms with Gasteiger partial charge in [0.1, 0.15) is 6.04 Å². The van der Waals surface area contributed by atoms with Gasteiger partial charge in [-0.2, -0.15) is 0 Å². The lowest BCUT2D eigenvalue weighted by atomic mass is 10.0. The van der Waals surface area contributed by atoms with Crippen molar-refractivity contribution in [3.8, 4) is 0 Å². The van der Waals surface area contributed by atoms with Gasteiger partial charge in [-0.15, -0.1) is 0 Å². The highest BCUT2D eigenvalue weighted by atomic mass is 16.2. The zero-order valence-corrected chi connectivity index (χ0v) is 8.42. The molecule has 1 unspecified atom stereocenters. The Hall–Kier alpha value is -1.35. The minimum atomic E-state index is -0.184. The number of likely N-dealkylation sites (N-methyl/N-ethyl adjacent to an activating group) is 1. The second kappa shape index (κ2) is 3.42. The maximum absolute atomic E-state index is 11.5. The van der Waals surface area contributed by atoms with Crippen molar-refractivity contribution in [2.45, 2.75) is 19.4 Å². The first-order valence-electron chi connectivity index (χ1n) is 4.87. The maximum Gasteiger partial charge on any atom is 0.246 e. The maximum atomic E-state index is 11.5. The Morgan fingerprint density at radius 2 is 2.29 bits per heavy atom. The summed E-state index contributed by atoms with van der Waals surface area (Å²) in [7, 11) is 1.80. The van der Waals surface area contributed by atoms with Crippen LogP contribution in [0.3, 0.4) is 0 Å². The predicted octanol–water partition coefficient (Wildman–Crippen LogP) is 1.46. The first-order valence-corrected chi connectivity index (χ1v) is 4.87. The van der Waals surface area contributed by atoms with E-state index in [1.54, 1.807) is 7.05 Å². The molecule has 1 aliphatic rings. The van der Waals surface area contributed by atoms with Crippen LogP contribution in [-0.4, -0.2) is 13.0 Å². The molecule has 0 spiro atoms. The Balaban J connectivity index is 2.44. The lowest BCUT2D eigenvalue weighted by molar-refractivity contribution is -0.117. The summed E-state index contributed by atoms with van der Waals surface area (Å²) in [4.78, 5) is 11.5. The zero-order valence-electron chi connectivity index (χ0n) is 8.42. The summed E-state index contributed by atoms with van der Waals surface area (Å²) in [6.45, 7) is 2.11. The van der Waals surface area contributed by atoms with E-state index in [1.807, 2.05) is 6.07 Å². The van der Waals surface area contributed by atoms with Crippen LogP contribution in [0, 0.1) is 0 Å². The number of anilines is 1. The molecule has 1 aliphatic heterocycles. The monoisotopic (exact) mass is 190 g/mol. The minimum Gasteiger partial charge on any atom is -0.324 e. The lowest BCUT2D eigenvalue weighted by Gasteiger charge is -2.07. The van der Waals surface area contributed by atoms with Crippen LogP contribution in [-0.2, 0) is 11.2 Å². The number of aryl methyl sites for hydroxylation is 1. The highest BCUT2D eigenvalue weighted by molar-refractivity contribution is 6.02. The van der Waals surface area contributed by atoms with Crippen molar-refractivity contribution >= 4 is 11.6 Å². The smallest absolute Gasteiger partial charge is 0.246 e. The molecule has 3 nitrogen and oxygen atoms in total. The Kier molecular flexibility index (Phi) is 2.25. The number of fused-ring (bicyclic) bond motifs is 1. The normalized spacial score (nSPS) is 19.3. The molecular weight excluding hydrogens is 176 g/mol. The number of carbonyl (C=O) groups is 1. The highest BCUT2D eigenvalue weighted by Gasteiger charge is 2.28. The molecule has 0 fully saturated rings. The van der Waals surface area contributed by atoms with Crippen molar-refractivity contribution in [1.29, 1.82) is 0 Å². The van der Waals surface area contributed by atoms with Gasteiger partial charge < -0.3 is 10.6 Å². The van der Waals surface area contributed by atoms with Gasteiger partial charge in [0.25, 0.3) is 0 Å². The number of hydrogen-bond donors (Lipinski definition) is 2. The van der Waals surface area contributed by atoms with Crippen molar-refractivity contribution < 1.29 is 4.79 Å². The van der Waals surface area contributed by atoms with E-state index >= 15 is 0 Å². The fourth-order valence-corrected chi connectivity index (χ4v) is 1.82. The van der Waals surface area contributed by atoms with Crippen LogP contribution in [0.25, 0.3) is 0 Å². The third kappa shape index (κ3) is 1.30. The summed E-state index contributed by atoms with van der Waals surface area (Å²) in [5, 5.41) is 5.86. The number of carbonyl (C=O) groups excluding carboxylic acids is 1. The topological polar surface area (TPSA) is 41.1 Å². The molecule has 2 rings (SSSR count). The Labute approximate surface area is 83.5 Å². The van der Waals surface area contributed by atoms with Crippen LogP contribution in [0.4, 0.5) is 5.69 Å². The number of nitrogens with one attached hydrogen (secondary N) is 2. The van der Waals surface area contributed by atoms with Crippen LogP contribution >= 0.6 is 0 Å². The number of amides is 1. The van der Waals surface area contributed by atoms with Crippen LogP contribution in [0.2, 0.25) is 0 Å². The van der Waals surface area contributed by atoms with E-state index in [2.05, 4.69) is 29.7 Å². The summed E-state index contributed by atoms with van der Waals surface area (Å²) in [5.41, 5.74) is 3.27. The van der Waals surface area contributed by atoms with Gasteiger partial charge in [0.05, 0.1) is 0 Å². The van der Waals surface area contributed by atoms with Crippen LogP contribution in [0.5, 0.6) is 0 Å². The molecule has 0 saturated heterocycles. The summed E-state index contributed by atoms with van der Waals surface area (Å²) in [5.74, 6) is 0.0377. The summed E-state index contributed by atoms with van der Waals surface area (Å²) in [6.07, 6.45) is 0.998. The van der Waals surface area contributed by atoms with E-state index in [9.17, 15) is 4.79 Å². The van der Waals surface area contributed by atoms with Crippen molar-refractivity contribution in [2.24, 2.45) is 0 Å². The largest absolute Gasteiger partial charge is 0.324 e. The third-order valence-corrected chi connectivity index (χ3v) is 2.64. The molecule has 0 aromatic heterocycles. The van der Waals surface area contributed by atoms with Crippen molar-refractivity contribution in [2.75, 3.05) is 12.4 Å². The Morgan fingerprint density at radius 1 is 1.50 bits per heavy atom. The fraction of sp³-hybridized carbons (Fsp3) is 0.364. The quantitative estimate of drug-likeness (QED) is 0.741. The average molecular weight is 190 g/mol. The standard InChI is InChI=1S/C11H14N2O/c1-3-7-4-5-9-8(6-7)10(12-2)11(14)13-9/h4-6,10,12H,3H2,1-2H3,(H,13,14). The zero-order chi connectivity index (χ0) is 10.1. The Bertz CT molecular complexity index is 374. The number of rotatable bonds is 2.